The van der Waals surface area contributed by atoms with Crippen molar-refractivity contribution in [2.75, 3.05) is 0 Å². The highest BCUT2D eigenvalue weighted by molar-refractivity contribution is 5.16. The maximum atomic E-state index is 13.0. The van der Waals surface area contributed by atoms with Crippen LogP contribution in [0.5, 0.6) is 0 Å². The number of hydrogen-bond acceptors (Lipinski definition) is 2. The molecule has 1 rings (SSSR count). The molecule has 1 aromatic heterocycles. The van der Waals surface area contributed by atoms with E-state index in [0.717, 1.165) is 6.20 Å². The zero-order valence-corrected chi connectivity index (χ0v) is 7.67. The summed E-state index contributed by atoms with van der Waals surface area (Å²) in [6.45, 7) is 1.19. The van der Waals surface area contributed by atoms with Crippen LogP contribution in [0.4, 0.5) is 13.2 Å². The molecule has 0 bridgehead atoms. The van der Waals surface area contributed by atoms with Gasteiger partial charge in [-0.05, 0) is 25.0 Å². The zero-order valence-electron chi connectivity index (χ0n) is 7.67. The zero-order chi connectivity index (χ0) is 10.8. The molecule has 78 valence electrons. The van der Waals surface area contributed by atoms with E-state index in [9.17, 15) is 13.2 Å². The summed E-state index contributed by atoms with van der Waals surface area (Å²) in [5.74, 6) is -0.607. The molecule has 5 heteroatoms. The first kappa shape index (κ1) is 11.0. The highest BCUT2D eigenvalue weighted by atomic mass is 19.3. The summed E-state index contributed by atoms with van der Waals surface area (Å²) in [5.41, 5.74) is 3.77. The molecule has 2 nitrogen and oxygen atoms in total. The number of nitrogens with zero attached hydrogens (tertiary/aromatic N) is 1. The monoisotopic (exact) mass is 204 g/mol. The third-order valence-corrected chi connectivity index (χ3v) is 1.93. The molecule has 1 unspecified atom stereocenters. The van der Waals surface area contributed by atoms with Crippen LogP contribution in [0, 0.1) is 5.82 Å². The maximum absolute atomic E-state index is 13.0. The van der Waals surface area contributed by atoms with Crippen molar-refractivity contribution in [3.8, 4) is 0 Å². The minimum atomic E-state index is -2.69. The van der Waals surface area contributed by atoms with Gasteiger partial charge in [-0.15, -0.1) is 0 Å². The normalized spacial score (nSPS) is 15.6. The first-order chi connectivity index (χ1) is 6.43. The number of rotatable bonds is 3. The van der Waals surface area contributed by atoms with E-state index in [4.69, 9.17) is 5.73 Å². The van der Waals surface area contributed by atoms with Crippen LogP contribution in [-0.4, -0.2) is 16.9 Å². The summed E-state index contributed by atoms with van der Waals surface area (Å²) in [7, 11) is 0. The van der Waals surface area contributed by atoms with Gasteiger partial charge >= 0.3 is 0 Å². The lowest BCUT2D eigenvalue weighted by Crippen LogP contribution is -2.46. The molecule has 0 fully saturated rings. The molecule has 0 aliphatic rings. The standard InChI is InChI=1S/C9H11F3N2/c1-9(13,8(11)12)4-6-2-3-14-5-7(6)10/h2-3,5,8H,4,13H2,1H3. The molecule has 1 aromatic rings. The Kier molecular flexibility index (Phi) is 3.10. The van der Waals surface area contributed by atoms with Gasteiger partial charge in [0.1, 0.15) is 5.82 Å². The van der Waals surface area contributed by atoms with Gasteiger partial charge in [0.25, 0.3) is 6.43 Å². The van der Waals surface area contributed by atoms with Gasteiger partial charge in [0, 0.05) is 6.20 Å². The van der Waals surface area contributed by atoms with E-state index in [2.05, 4.69) is 4.98 Å². The third kappa shape index (κ3) is 2.45. The Morgan fingerprint density at radius 3 is 2.71 bits per heavy atom. The van der Waals surface area contributed by atoms with Crippen LogP contribution in [0.2, 0.25) is 0 Å². The molecular formula is C9H11F3N2. The quantitative estimate of drug-likeness (QED) is 0.814. The minimum absolute atomic E-state index is 0.158. The smallest absolute Gasteiger partial charge is 0.256 e. The molecule has 0 saturated heterocycles. The SMILES string of the molecule is CC(N)(Cc1ccncc1F)C(F)F. The van der Waals surface area contributed by atoms with Crippen molar-refractivity contribution < 1.29 is 13.2 Å². The van der Waals surface area contributed by atoms with Gasteiger partial charge in [0.15, 0.2) is 0 Å². The fourth-order valence-electron chi connectivity index (χ4n) is 1.03. The van der Waals surface area contributed by atoms with Crippen LogP contribution in [-0.2, 0) is 6.42 Å². The Labute approximate surface area is 79.9 Å². The number of hydrogen-bond donors (Lipinski definition) is 1. The molecule has 14 heavy (non-hydrogen) atoms. The summed E-state index contributed by atoms with van der Waals surface area (Å²) in [4.78, 5) is 3.52. The Bertz CT molecular complexity index is 313. The van der Waals surface area contributed by atoms with Crippen LogP contribution in [0.25, 0.3) is 0 Å². The second-order valence-corrected chi connectivity index (χ2v) is 3.45. The molecule has 0 aromatic carbocycles. The van der Waals surface area contributed by atoms with E-state index >= 15 is 0 Å². The van der Waals surface area contributed by atoms with Crippen molar-refractivity contribution in [3.05, 3.63) is 29.8 Å². The molecule has 2 N–H and O–H groups in total. The van der Waals surface area contributed by atoms with Crippen molar-refractivity contribution in [2.24, 2.45) is 5.73 Å². The number of halogens is 3. The molecule has 1 atom stereocenters. The predicted octanol–water partition coefficient (Wildman–Crippen LogP) is 1.75. The van der Waals surface area contributed by atoms with Gasteiger partial charge in [-0.2, -0.15) is 0 Å². The summed E-state index contributed by atoms with van der Waals surface area (Å²) in [6.07, 6.45) is -0.564. The largest absolute Gasteiger partial charge is 0.320 e. The van der Waals surface area contributed by atoms with E-state index in [-0.39, 0.29) is 12.0 Å². The lowest BCUT2D eigenvalue weighted by molar-refractivity contribution is 0.0635. The molecule has 1 heterocycles. The van der Waals surface area contributed by atoms with Gasteiger partial charge < -0.3 is 5.73 Å². The van der Waals surface area contributed by atoms with Crippen molar-refractivity contribution in [3.63, 3.8) is 0 Å². The fraction of sp³-hybridized carbons (Fsp3) is 0.444. The Morgan fingerprint density at radius 1 is 1.57 bits per heavy atom. The van der Waals surface area contributed by atoms with E-state index in [1.807, 2.05) is 0 Å². The third-order valence-electron chi connectivity index (χ3n) is 1.93. The average molecular weight is 204 g/mol. The molecule has 0 spiro atoms. The van der Waals surface area contributed by atoms with Crippen LogP contribution in [0.15, 0.2) is 18.5 Å². The van der Waals surface area contributed by atoms with Crippen molar-refractivity contribution >= 4 is 0 Å². The fourth-order valence-corrected chi connectivity index (χ4v) is 1.03. The van der Waals surface area contributed by atoms with Gasteiger partial charge in [-0.3, -0.25) is 4.98 Å². The van der Waals surface area contributed by atoms with Gasteiger partial charge in [-0.25, -0.2) is 13.2 Å². The summed E-state index contributed by atoms with van der Waals surface area (Å²) >= 11 is 0. The summed E-state index contributed by atoms with van der Waals surface area (Å²) in [5, 5.41) is 0. The predicted molar refractivity (Wildman–Crippen MR) is 46.5 cm³/mol. The maximum Gasteiger partial charge on any atom is 0.256 e. The number of pyridine rings is 1. The van der Waals surface area contributed by atoms with Crippen molar-refractivity contribution in [1.29, 1.82) is 0 Å². The molecule has 0 amide bonds. The topological polar surface area (TPSA) is 38.9 Å². The van der Waals surface area contributed by atoms with Gasteiger partial charge in [-0.1, -0.05) is 0 Å². The Hall–Kier alpha value is -1.10. The van der Waals surface area contributed by atoms with Crippen LogP contribution in [0.3, 0.4) is 0 Å². The number of alkyl halides is 2. The summed E-state index contributed by atoms with van der Waals surface area (Å²) < 4.78 is 37.8. The molecule has 0 aliphatic carbocycles. The number of nitrogens with two attached hydrogens (primary N) is 1. The summed E-state index contributed by atoms with van der Waals surface area (Å²) in [6, 6.07) is 1.35. The molecule has 0 aliphatic heterocycles. The van der Waals surface area contributed by atoms with E-state index in [1.165, 1.54) is 19.2 Å². The van der Waals surface area contributed by atoms with Crippen LogP contribution < -0.4 is 5.73 Å². The van der Waals surface area contributed by atoms with E-state index in [1.54, 1.807) is 0 Å². The van der Waals surface area contributed by atoms with E-state index in [0.29, 0.717) is 0 Å². The Morgan fingerprint density at radius 2 is 2.21 bits per heavy atom. The average Bonchev–Trinajstić information content (AvgIpc) is 2.08. The lowest BCUT2D eigenvalue weighted by atomic mass is 9.95. The molecular weight excluding hydrogens is 193 g/mol. The first-order valence-electron chi connectivity index (χ1n) is 4.09. The van der Waals surface area contributed by atoms with Crippen LogP contribution in [0.1, 0.15) is 12.5 Å². The molecule has 0 radical (unpaired) electrons. The highest BCUT2D eigenvalue weighted by Gasteiger charge is 2.31. The van der Waals surface area contributed by atoms with Crippen molar-refractivity contribution in [2.45, 2.75) is 25.3 Å². The number of aromatic nitrogens is 1. The molecule has 0 saturated carbocycles. The highest BCUT2D eigenvalue weighted by Crippen LogP contribution is 2.19. The van der Waals surface area contributed by atoms with Gasteiger partial charge in [0.05, 0.1) is 11.7 Å². The van der Waals surface area contributed by atoms with Gasteiger partial charge in [0.2, 0.25) is 0 Å². The second-order valence-electron chi connectivity index (χ2n) is 3.45. The Balaban J connectivity index is 2.84. The minimum Gasteiger partial charge on any atom is -0.320 e. The first-order valence-corrected chi connectivity index (χ1v) is 4.09. The van der Waals surface area contributed by atoms with E-state index < -0.39 is 17.8 Å². The van der Waals surface area contributed by atoms with Crippen molar-refractivity contribution in [1.82, 2.24) is 4.98 Å². The second kappa shape index (κ2) is 3.96. The lowest BCUT2D eigenvalue weighted by Gasteiger charge is -2.23. The van der Waals surface area contributed by atoms with Crippen LogP contribution >= 0.6 is 0 Å².